The van der Waals surface area contributed by atoms with Crippen molar-refractivity contribution in [2.75, 3.05) is 11.4 Å². The van der Waals surface area contributed by atoms with Crippen LogP contribution in [0.25, 0.3) is 6.08 Å². The van der Waals surface area contributed by atoms with Gasteiger partial charge in [0.1, 0.15) is 6.54 Å². The van der Waals surface area contributed by atoms with E-state index in [9.17, 15) is 14.4 Å². The summed E-state index contributed by atoms with van der Waals surface area (Å²) in [7, 11) is 0. The smallest absolute Gasteiger partial charge is 0.264 e. The zero-order chi connectivity index (χ0) is 30.5. The summed E-state index contributed by atoms with van der Waals surface area (Å²) < 4.78 is 0.834. The minimum atomic E-state index is -0.983. The van der Waals surface area contributed by atoms with Crippen LogP contribution in [0.5, 0.6) is 0 Å². The van der Waals surface area contributed by atoms with Gasteiger partial charge in [0.2, 0.25) is 0 Å². The van der Waals surface area contributed by atoms with Crippen LogP contribution in [0.3, 0.4) is 0 Å². The van der Waals surface area contributed by atoms with Gasteiger partial charge < -0.3 is 0 Å². The van der Waals surface area contributed by atoms with Gasteiger partial charge in [-0.15, -0.1) is 0 Å². The number of anilines is 1. The molecule has 3 aromatic rings. The molecule has 0 spiro atoms. The maximum Gasteiger partial charge on any atom is 0.264 e. The van der Waals surface area contributed by atoms with Gasteiger partial charge in [-0.25, -0.2) is 9.91 Å². The van der Waals surface area contributed by atoms with Crippen molar-refractivity contribution < 1.29 is 14.4 Å². The Morgan fingerprint density at radius 1 is 0.909 bits per heavy atom. The Bertz CT molecular complexity index is 1730. The van der Waals surface area contributed by atoms with Gasteiger partial charge in [0.15, 0.2) is 12.1 Å². The van der Waals surface area contributed by atoms with Crippen LogP contribution in [0.1, 0.15) is 47.6 Å². The average molecular weight is 652 g/mol. The normalized spacial score (nSPS) is 25.1. The van der Waals surface area contributed by atoms with Crippen molar-refractivity contribution in [1.82, 2.24) is 10.0 Å². The molecule has 0 aromatic heterocycles. The van der Waals surface area contributed by atoms with Crippen molar-refractivity contribution in [1.29, 1.82) is 0 Å². The lowest BCUT2D eigenvalue weighted by molar-refractivity contribution is -0.136. The molecule has 3 aliphatic heterocycles. The summed E-state index contributed by atoms with van der Waals surface area (Å²) in [4.78, 5) is 42.0. The molecule has 3 aromatic carbocycles. The van der Waals surface area contributed by atoms with E-state index < -0.39 is 23.9 Å². The number of carbonyl (C=O) groups excluding carboxylic acids is 3. The van der Waals surface area contributed by atoms with Crippen LogP contribution in [0.4, 0.5) is 5.69 Å². The second kappa shape index (κ2) is 11.2. The molecule has 4 aliphatic rings. The zero-order valence-electron chi connectivity index (χ0n) is 24.4. The summed E-state index contributed by atoms with van der Waals surface area (Å²) in [6, 6.07) is 21.3. The summed E-state index contributed by atoms with van der Waals surface area (Å²) in [6.45, 7) is 3.89. The Labute approximate surface area is 264 Å². The number of carbonyl (C=O) groups is 3. The first-order chi connectivity index (χ1) is 21.3. The lowest BCUT2D eigenvalue weighted by Crippen LogP contribution is -2.45. The number of rotatable bonds is 5. The van der Waals surface area contributed by atoms with E-state index in [1.54, 1.807) is 29.3 Å². The number of imide groups is 1. The van der Waals surface area contributed by atoms with E-state index in [0.29, 0.717) is 5.69 Å². The van der Waals surface area contributed by atoms with Crippen molar-refractivity contribution in [2.24, 2.45) is 21.4 Å². The number of nitrogens with zero attached hydrogens (tertiary/aromatic N) is 6. The third-order valence-electron chi connectivity index (χ3n) is 8.83. The maximum absolute atomic E-state index is 14.1. The molecule has 1 aliphatic carbocycles. The monoisotopic (exact) mass is 650 g/mol. The van der Waals surface area contributed by atoms with E-state index in [0.717, 1.165) is 56.6 Å². The minimum Gasteiger partial charge on any atom is -0.271 e. The number of fused-ring (bicyclic) bond motifs is 2. The van der Waals surface area contributed by atoms with E-state index in [1.807, 2.05) is 6.92 Å². The number of halogens is 1. The van der Waals surface area contributed by atoms with E-state index in [-0.39, 0.29) is 24.4 Å². The van der Waals surface area contributed by atoms with E-state index in [1.165, 1.54) is 10.6 Å². The highest BCUT2D eigenvalue weighted by Crippen LogP contribution is 2.45. The standard InChI is InChI=1S/C34H31BrN6O3/c1-20-6-10-22(11-7-20)18-24-4-3-5-27-29(24)37-41(31(27)23-12-8-21(2)9-13-23)28(42)19-39-32-30(36-38-39)33(43)40(34(32)44)26-16-14-25(35)15-17-26/h6-18,27,30-32H,3-5,19H2,1-2H3/b24-18-/t27-,30+,31+,32-/m1/s1. The fourth-order valence-corrected chi connectivity index (χ4v) is 6.84. The first-order valence-electron chi connectivity index (χ1n) is 14.8. The average Bonchev–Trinajstić information content (AvgIpc) is 3.69. The fourth-order valence-electron chi connectivity index (χ4n) is 6.58. The molecule has 9 nitrogen and oxygen atoms in total. The van der Waals surface area contributed by atoms with Gasteiger partial charge in [0, 0.05) is 10.4 Å². The first-order valence-corrected chi connectivity index (χ1v) is 15.6. The van der Waals surface area contributed by atoms with Crippen molar-refractivity contribution >= 4 is 51.1 Å². The Morgan fingerprint density at radius 2 is 1.59 bits per heavy atom. The molecule has 0 unspecified atom stereocenters. The summed E-state index contributed by atoms with van der Waals surface area (Å²) in [5, 5.41) is 16.2. The van der Waals surface area contributed by atoms with Crippen LogP contribution in [0.2, 0.25) is 0 Å². The van der Waals surface area contributed by atoms with Crippen molar-refractivity contribution in [2.45, 2.75) is 51.2 Å². The number of benzene rings is 3. The van der Waals surface area contributed by atoms with Crippen LogP contribution in [-0.2, 0) is 14.4 Å². The van der Waals surface area contributed by atoms with Crippen molar-refractivity contribution in [3.05, 3.63) is 105 Å². The lowest BCUT2D eigenvalue weighted by atomic mass is 9.77. The maximum atomic E-state index is 14.1. The quantitative estimate of drug-likeness (QED) is 0.308. The topological polar surface area (TPSA) is 98.0 Å². The second-order valence-electron chi connectivity index (χ2n) is 11.8. The molecule has 222 valence electrons. The SMILES string of the molecule is Cc1ccc(/C=C2/CCC[C@@H]3C2=NN(C(=O)CN2N=N[C@@H]4C(=O)N(c5ccc(Br)cc5)C(=O)[C@@H]42)[C@H]3c2ccc(C)cc2)cc1. The highest BCUT2D eigenvalue weighted by Gasteiger charge is 2.55. The van der Waals surface area contributed by atoms with Crippen LogP contribution < -0.4 is 4.90 Å². The molecule has 0 radical (unpaired) electrons. The predicted octanol–water partition coefficient (Wildman–Crippen LogP) is 6.18. The fraction of sp³-hybridized carbons (Fsp3) is 0.294. The molecular weight excluding hydrogens is 620 g/mol. The van der Waals surface area contributed by atoms with Gasteiger partial charge in [-0.1, -0.05) is 80.8 Å². The van der Waals surface area contributed by atoms with Gasteiger partial charge in [-0.05, 0) is 80.2 Å². The summed E-state index contributed by atoms with van der Waals surface area (Å²) in [5.41, 5.74) is 6.99. The number of amides is 3. The summed E-state index contributed by atoms with van der Waals surface area (Å²) in [5.74, 6) is -1.14. The Morgan fingerprint density at radius 3 is 2.30 bits per heavy atom. The molecule has 10 heteroatoms. The van der Waals surface area contributed by atoms with Gasteiger partial charge in [0.05, 0.1) is 17.4 Å². The van der Waals surface area contributed by atoms with Gasteiger partial charge in [0.25, 0.3) is 17.7 Å². The highest BCUT2D eigenvalue weighted by atomic mass is 79.9. The van der Waals surface area contributed by atoms with Gasteiger partial charge >= 0.3 is 0 Å². The third-order valence-corrected chi connectivity index (χ3v) is 9.36. The number of aryl methyl sites for hydroxylation is 2. The first kappa shape index (κ1) is 28.3. The molecular formula is C34H31BrN6O3. The molecule has 0 bridgehead atoms. The van der Waals surface area contributed by atoms with E-state index in [4.69, 9.17) is 5.10 Å². The molecule has 44 heavy (non-hydrogen) atoms. The third kappa shape index (κ3) is 4.96. The largest absolute Gasteiger partial charge is 0.271 e. The molecule has 4 atom stereocenters. The van der Waals surface area contributed by atoms with Gasteiger partial charge in [-0.2, -0.15) is 10.2 Å². The molecule has 3 heterocycles. The summed E-state index contributed by atoms with van der Waals surface area (Å²) >= 11 is 3.39. The van der Waals surface area contributed by atoms with E-state index >= 15 is 0 Å². The lowest BCUT2D eigenvalue weighted by Gasteiger charge is -2.30. The zero-order valence-corrected chi connectivity index (χ0v) is 26.0. The van der Waals surface area contributed by atoms with Crippen LogP contribution in [0, 0.1) is 19.8 Å². The van der Waals surface area contributed by atoms with E-state index in [2.05, 4.69) is 87.8 Å². The number of allylic oxidation sites excluding steroid dienone is 1. The van der Waals surface area contributed by atoms with Crippen LogP contribution >= 0.6 is 15.9 Å². The predicted molar refractivity (Wildman–Crippen MR) is 170 cm³/mol. The van der Waals surface area contributed by atoms with Gasteiger partial charge in [-0.3, -0.25) is 19.4 Å². The van der Waals surface area contributed by atoms with Crippen molar-refractivity contribution in [3.8, 4) is 0 Å². The molecule has 1 saturated carbocycles. The minimum absolute atomic E-state index is 0.0441. The highest BCUT2D eigenvalue weighted by molar-refractivity contribution is 9.10. The molecule has 0 N–H and O–H groups in total. The number of hydrazone groups is 1. The van der Waals surface area contributed by atoms with Crippen LogP contribution in [0.15, 0.2) is 98.3 Å². The Hall–Kier alpha value is -4.44. The Balaban J connectivity index is 1.18. The summed E-state index contributed by atoms with van der Waals surface area (Å²) in [6.07, 6.45) is 4.98. The molecule has 2 fully saturated rings. The molecule has 3 amide bonds. The number of hydrogen-bond donors (Lipinski definition) is 0. The number of hydrogen-bond acceptors (Lipinski definition) is 7. The van der Waals surface area contributed by atoms with Crippen molar-refractivity contribution in [3.63, 3.8) is 0 Å². The Kier molecular flexibility index (Phi) is 7.24. The molecule has 7 rings (SSSR count). The molecule has 1 saturated heterocycles. The van der Waals surface area contributed by atoms with Crippen LogP contribution in [-0.4, -0.2) is 52.1 Å². The second-order valence-corrected chi connectivity index (χ2v) is 12.8.